The minimum Gasteiger partial charge on any atom is -0.466 e. The van der Waals surface area contributed by atoms with Gasteiger partial charge in [0.2, 0.25) is 0 Å². The van der Waals surface area contributed by atoms with E-state index < -0.39 is 11.7 Å². The molecule has 1 N–H and O–H groups in total. The third-order valence-corrected chi connectivity index (χ3v) is 10.9. The van der Waals surface area contributed by atoms with E-state index in [9.17, 15) is 14.4 Å². The van der Waals surface area contributed by atoms with Crippen molar-refractivity contribution in [1.82, 2.24) is 5.32 Å². The van der Waals surface area contributed by atoms with Gasteiger partial charge < -0.3 is 9.47 Å². The van der Waals surface area contributed by atoms with Crippen molar-refractivity contribution in [3.8, 4) is 0 Å². The van der Waals surface area contributed by atoms with E-state index in [2.05, 4.69) is 141 Å². The number of halogens is 1. The SMILES string of the molecule is C=C[C@H](Cc1ccccc1)[C@@H](CCCC)C(C)C.CCCC[C@@H](C(C)C)[C@H](CC/C=C(\NC(=O)OC(C)(C)C)C(C)=O)Cc1ccccc1.COC(=O)/C(C)=C/Br. The number of amides is 1. The Labute approximate surface area is 356 Å². The Morgan fingerprint density at radius 2 is 1.28 bits per heavy atom. The summed E-state index contributed by atoms with van der Waals surface area (Å²) in [6.45, 7) is 26.5. The van der Waals surface area contributed by atoms with Crippen molar-refractivity contribution < 1.29 is 23.9 Å². The molecule has 2 aromatic rings. The van der Waals surface area contributed by atoms with Crippen LogP contribution in [-0.4, -0.2) is 30.6 Å². The van der Waals surface area contributed by atoms with Crippen LogP contribution in [-0.2, 0) is 31.9 Å². The summed E-state index contributed by atoms with van der Waals surface area (Å²) in [5.41, 5.74) is 3.08. The molecule has 2 aromatic carbocycles. The van der Waals surface area contributed by atoms with E-state index >= 15 is 0 Å². The summed E-state index contributed by atoms with van der Waals surface area (Å²) < 4.78 is 9.66. The molecule has 0 radical (unpaired) electrons. The summed E-state index contributed by atoms with van der Waals surface area (Å²) in [5.74, 6) is 3.42. The van der Waals surface area contributed by atoms with Gasteiger partial charge in [0, 0.05) is 12.5 Å². The third-order valence-electron chi connectivity index (χ3n) is 10.2. The molecular weight excluding hydrogens is 774 g/mol. The van der Waals surface area contributed by atoms with Crippen LogP contribution < -0.4 is 5.32 Å². The molecule has 0 heterocycles. The van der Waals surface area contributed by atoms with E-state index in [1.54, 1.807) is 27.7 Å². The first kappa shape index (κ1) is 53.6. The van der Waals surface area contributed by atoms with Gasteiger partial charge in [0.05, 0.1) is 12.8 Å². The van der Waals surface area contributed by atoms with E-state index in [1.807, 2.05) is 6.08 Å². The maximum atomic E-state index is 12.1. The first-order valence-corrected chi connectivity index (χ1v) is 22.1. The zero-order valence-electron chi connectivity index (χ0n) is 37.7. The molecule has 0 aromatic heterocycles. The molecule has 0 aliphatic carbocycles. The summed E-state index contributed by atoms with van der Waals surface area (Å²) in [6.07, 6.45) is 15.0. The van der Waals surface area contributed by atoms with Gasteiger partial charge in [-0.05, 0) is 118 Å². The lowest BCUT2D eigenvalue weighted by Crippen LogP contribution is -2.33. The number of carbonyl (C=O) groups excluding carboxylic acids is 3. The fourth-order valence-electron chi connectivity index (χ4n) is 7.06. The molecule has 7 heteroatoms. The largest absolute Gasteiger partial charge is 0.466 e. The zero-order chi connectivity index (χ0) is 43.4. The molecule has 0 aliphatic rings. The van der Waals surface area contributed by atoms with E-state index in [1.165, 1.54) is 68.7 Å². The van der Waals surface area contributed by atoms with E-state index in [0.717, 1.165) is 37.5 Å². The second-order valence-electron chi connectivity index (χ2n) is 16.8. The zero-order valence-corrected chi connectivity index (χ0v) is 39.3. The molecule has 1 amide bonds. The van der Waals surface area contributed by atoms with Gasteiger partial charge in [0.15, 0.2) is 5.78 Å². The van der Waals surface area contributed by atoms with Gasteiger partial charge >= 0.3 is 12.1 Å². The van der Waals surface area contributed by atoms with Crippen LogP contribution in [0.5, 0.6) is 0 Å². The Morgan fingerprint density at radius 1 is 0.789 bits per heavy atom. The normalized spacial score (nSPS) is 13.9. The quantitative estimate of drug-likeness (QED) is 0.0768. The molecule has 0 bridgehead atoms. The van der Waals surface area contributed by atoms with Crippen LogP contribution in [0.15, 0.2) is 95.7 Å². The maximum Gasteiger partial charge on any atom is 0.412 e. The second-order valence-corrected chi connectivity index (χ2v) is 17.3. The van der Waals surface area contributed by atoms with Crippen molar-refractivity contribution >= 4 is 33.8 Å². The van der Waals surface area contributed by atoms with Gasteiger partial charge in [-0.1, -0.05) is 156 Å². The highest BCUT2D eigenvalue weighted by atomic mass is 79.9. The molecule has 320 valence electrons. The smallest absolute Gasteiger partial charge is 0.412 e. The van der Waals surface area contributed by atoms with Crippen LogP contribution in [0.25, 0.3) is 0 Å². The Morgan fingerprint density at radius 3 is 1.67 bits per heavy atom. The Balaban J connectivity index is 0.00000101. The average molecular weight is 853 g/mol. The summed E-state index contributed by atoms with van der Waals surface area (Å²) in [4.78, 5) is 36.1. The summed E-state index contributed by atoms with van der Waals surface area (Å²) >= 11 is 2.99. The average Bonchev–Trinajstić information content (AvgIpc) is 3.16. The number of benzene rings is 2. The van der Waals surface area contributed by atoms with Crippen LogP contribution in [0.3, 0.4) is 0 Å². The van der Waals surface area contributed by atoms with Crippen molar-refractivity contribution in [3.63, 3.8) is 0 Å². The molecule has 2 rings (SSSR count). The molecule has 0 saturated heterocycles. The summed E-state index contributed by atoms with van der Waals surface area (Å²) in [5, 5.41) is 2.63. The predicted molar refractivity (Wildman–Crippen MR) is 245 cm³/mol. The van der Waals surface area contributed by atoms with Crippen LogP contribution in [0, 0.1) is 35.5 Å². The highest BCUT2D eigenvalue weighted by Crippen LogP contribution is 2.33. The van der Waals surface area contributed by atoms with Gasteiger partial charge in [-0.15, -0.1) is 6.58 Å². The molecule has 0 saturated carbocycles. The third kappa shape index (κ3) is 24.8. The molecular formula is C50H78BrNO5. The van der Waals surface area contributed by atoms with Gasteiger partial charge in [0.1, 0.15) is 5.60 Å². The number of carbonyl (C=O) groups is 3. The number of nitrogens with one attached hydrogen (secondary N) is 1. The van der Waals surface area contributed by atoms with Crippen molar-refractivity contribution in [2.75, 3.05) is 7.11 Å². The number of Topliss-reactive ketones (excluding diaryl/α,β-unsaturated/α-hetero) is 1. The van der Waals surface area contributed by atoms with Gasteiger partial charge in [-0.2, -0.15) is 0 Å². The van der Waals surface area contributed by atoms with Crippen molar-refractivity contribution in [1.29, 1.82) is 0 Å². The fourth-order valence-corrected chi connectivity index (χ4v) is 7.25. The van der Waals surface area contributed by atoms with Gasteiger partial charge in [-0.3, -0.25) is 10.1 Å². The van der Waals surface area contributed by atoms with Crippen molar-refractivity contribution in [3.05, 3.63) is 107 Å². The summed E-state index contributed by atoms with van der Waals surface area (Å²) in [7, 11) is 1.35. The minimum absolute atomic E-state index is 0.156. The van der Waals surface area contributed by atoms with Crippen LogP contribution in [0.2, 0.25) is 0 Å². The van der Waals surface area contributed by atoms with Crippen molar-refractivity contribution in [2.24, 2.45) is 35.5 Å². The number of ketones is 1. The first-order valence-electron chi connectivity index (χ1n) is 21.2. The molecule has 0 fully saturated rings. The predicted octanol–water partition coefficient (Wildman–Crippen LogP) is 14.0. The lowest BCUT2D eigenvalue weighted by Gasteiger charge is -2.30. The van der Waals surface area contributed by atoms with Gasteiger partial charge in [0.25, 0.3) is 0 Å². The number of ether oxygens (including phenoxy) is 2. The van der Waals surface area contributed by atoms with Gasteiger partial charge in [-0.25, -0.2) is 9.59 Å². The van der Waals surface area contributed by atoms with Crippen LogP contribution >= 0.6 is 15.9 Å². The number of alkyl carbamates (subject to hydrolysis) is 1. The van der Waals surface area contributed by atoms with E-state index in [4.69, 9.17) is 4.74 Å². The fraction of sp³-hybridized carbons (Fsp3) is 0.580. The first-order chi connectivity index (χ1) is 26.9. The number of methoxy groups -OCH3 is 1. The maximum absolute atomic E-state index is 12.1. The summed E-state index contributed by atoms with van der Waals surface area (Å²) in [6, 6.07) is 21.5. The highest BCUT2D eigenvalue weighted by molar-refractivity contribution is 9.11. The van der Waals surface area contributed by atoms with E-state index in [0.29, 0.717) is 34.9 Å². The molecule has 57 heavy (non-hydrogen) atoms. The molecule has 4 atom stereocenters. The monoisotopic (exact) mass is 852 g/mol. The van der Waals surface area contributed by atoms with Crippen molar-refractivity contribution in [2.45, 2.75) is 146 Å². The Bertz CT molecular complexity index is 1460. The van der Waals surface area contributed by atoms with Crippen LogP contribution in [0.4, 0.5) is 4.79 Å². The molecule has 6 nitrogen and oxygen atoms in total. The van der Waals surface area contributed by atoms with Crippen LogP contribution in [0.1, 0.15) is 139 Å². The highest BCUT2D eigenvalue weighted by Gasteiger charge is 2.25. The molecule has 0 unspecified atom stereocenters. The number of hydrogen-bond donors (Lipinski definition) is 1. The number of allylic oxidation sites excluding steroid dienone is 3. The minimum atomic E-state index is -0.601. The topological polar surface area (TPSA) is 81.7 Å². The number of unbranched alkanes of at least 4 members (excludes halogenated alkanes) is 2. The number of hydrogen-bond acceptors (Lipinski definition) is 5. The van der Waals surface area contributed by atoms with E-state index in [-0.39, 0.29) is 11.8 Å². The number of rotatable bonds is 21. The Hall–Kier alpha value is -3.45. The lowest BCUT2D eigenvalue weighted by molar-refractivity contribution is -0.136. The number of esters is 1. The standard InChI is InChI=1S/C27H43NO3.C18H28.C5H7BrO2/c1-8-9-17-24(20(2)3)23(19-22-14-11-10-12-15-22)16-13-18-25(21(4)29)28-26(30)31-27(5,6)7;1-5-7-13-18(15(3)4)17(6-2)14-16-11-9-8-10-12-16;1-4(3-6)5(7)8-2/h10-12,14-15,18,20,23-24H,8-9,13,16-17,19H2,1-7H3,(H,28,30);6,8-12,15,17-18H,2,5,7,13-14H2,1,3-4H3;3H,1-2H3/b25-18-;;4-3+/t23-,24+;17-,18+;/m11./s1. The molecule has 0 spiro atoms. The molecule has 0 aliphatic heterocycles. The second kappa shape index (κ2) is 30.6. The Kier molecular flexibility index (Phi) is 28.8. The lowest BCUT2D eigenvalue weighted by atomic mass is 9.75.